The maximum atomic E-state index is 9.93. The Morgan fingerprint density at radius 1 is 1.47 bits per heavy atom. The largest absolute Gasteiger partial charge is 0.464 e. The van der Waals surface area contributed by atoms with Gasteiger partial charge in [-0.25, -0.2) is 0 Å². The molecule has 1 aromatic heterocycles. The van der Waals surface area contributed by atoms with E-state index in [4.69, 9.17) is 4.42 Å². The summed E-state index contributed by atoms with van der Waals surface area (Å²) < 4.78 is 5.39. The Balaban J connectivity index is 1.88. The molecule has 84 valence electrons. The minimum Gasteiger partial charge on any atom is -0.464 e. The van der Waals surface area contributed by atoms with Crippen molar-refractivity contribution in [1.82, 2.24) is 10.2 Å². The quantitative estimate of drug-likeness (QED) is 0.764. The van der Waals surface area contributed by atoms with Gasteiger partial charge in [0, 0.05) is 32.7 Å². The van der Waals surface area contributed by atoms with E-state index in [0.717, 1.165) is 31.9 Å². The van der Waals surface area contributed by atoms with Crippen LogP contribution in [-0.4, -0.2) is 42.7 Å². The molecule has 1 atom stereocenters. The van der Waals surface area contributed by atoms with Crippen molar-refractivity contribution < 1.29 is 9.52 Å². The first-order valence-corrected chi connectivity index (χ1v) is 5.43. The molecule has 2 rings (SSSR count). The third-order valence-corrected chi connectivity index (χ3v) is 2.73. The Hall–Kier alpha value is -0.840. The summed E-state index contributed by atoms with van der Waals surface area (Å²) in [5, 5.41) is 13.2. The van der Waals surface area contributed by atoms with Gasteiger partial charge in [-0.2, -0.15) is 0 Å². The molecule has 0 aliphatic carbocycles. The molecule has 4 nitrogen and oxygen atoms in total. The minimum absolute atomic E-state index is 0.503. The number of aliphatic hydroxyl groups is 1. The van der Waals surface area contributed by atoms with Gasteiger partial charge < -0.3 is 14.8 Å². The van der Waals surface area contributed by atoms with Crippen molar-refractivity contribution in [3.8, 4) is 0 Å². The fourth-order valence-electron chi connectivity index (χ4n) is 1.86. The summed E-state index contributed by atoms with van der Waals surface area (Å²) in [7, 11) is 0. The van der Waals surface area contributed by atoms with Crippen LogP contribution in [0.1, 0.15) is 17.6 Å². The lowest BCUT2D eigenvalue weighted by atomic mass is 10.2. The molecule has 1 aliphatic rings. The van der Waals surface area contributed by atoms with E-state index >= 15 is 0 Å². The first-order chi connectivity index (χ1) is 7.25. The Kier molecular flexibility index (Phi) is 3.41. The SMILES string of the molecule is Cc1ccc(C(O)CN2CCNCC2)o1. The van der Waals surface area contributed by atoms with Crippen LogP contribution >= 0.6 is 0 Å². The van der Waals surface area contributed by atoms with Gasteiger partial charge in [-0.1, -0.05) is 0 Å². The predicted molar refractivity (Wildman–Crippen MR) is 57.7 cm³/mol. The Labute approximate surface area is 89.9 Å². The molecule has 2 N–H and O–H groups in total. The summed E-state index contributed by atoms with van der Waals surface area (Å²) in [6.45, 7) is 6.55. The van der Waals surface area contributed by atoms with Gasteiger partial charge in [-0.3, -0.25) is 4.90 Å². The predicted octanol–water partition coefficient (Wildman–Crippen LogP) is 0.527. The highest BCUT2D eigenvalue weighted by molar-refractivity contribution is 5.08. The molecular weight excluding hydrogens is 192 g/mol. The highest BCUT2D eigenvalue weighted by Gasteiger charge is 2.17. The zero-order valence-corrected chi connectivity index (χ0v) is 9.07. The molecule has 2 heterocycles. The number of nitrogens with one attached hydrogen (secondary N) is 1. The van der Waals surface area contributed by atoms with Crippen molar-refractivity contribution in [2.24, 2.45) is 0 Å². The number of aliphatic hydroxyl groups excluding tert-OH is 1. The normalized spacial score (nSPS) is 20.4. The molecule has 0 saturated carbocycles. The fourth-order valence-corrected chi connectivity index (χ4v) is 1.86. The van der Waals surface area contributed by atoms with Crippen molar-refractivity contribution in [1.29, 1.82) is 0 Å². The average molecular weight is 210 g/mol. The zero-order valence-electron chi connectivity index (χ0n) is 9.07. The van der Waals surface area contributed by atoms with E-state index in [-0.39, 0.29) is 0 Å². The van der Waals surface area contributed by atoms with Crippen LogP contribution in [0.25, 0.3) is 0 Å². The van der Waals surface area contributed by atoms with Crippen LogP contribution in [0.4, 0.5) is 0 Å². The zero-order chi connectivity index (χ0) is 10.7. The van der Waals surface area contributed by atoms with E-state index in [1.807, 2.05) is 19.1 Å². The molecule has 1 aromatic rings. The summed E-state index contributed by atoms with van der Waals surface area (Å²) in [5.41, 5.74) is 0. The molecule has 0 radical (unpaired) electrons. The lowest BCUT2D eigenvalue weighted by Gasteiger charge is -2.28. The number of furan rings is 1. The number of hydrogen-bond acceptors (Lipinski definition) is 4. The summed E-state index contributed by atoms with van der Waals surface area (Å²) >= 11 is 0. The highest BCUT2D eigenvalue weighted by atomic mass is 16.4. The fraction of sp³-hybridized carbons (Fsp3) is 0.636. The standard InChI is InChI=1S/C11H18N2O2/c1-9-2-3-11(15-9)10(14)8-13-6-4-12-5-7-13/h2-3,10,12,14H,4-8H2,1H3. The lowest BCUT2D eigenvalue weighted by molar-refractivity contribution is 0.0877. The molecule has 0 bridgehead atoms. The minimum atomic E-state index is -0.503. The average Bonchev–Trinajstić information content (AvgIpc) is 2.66. The second-order valence-corrected chi connectivity index (χ2v) is 4.01. The monoisotopic (exact) mass is 210 g/mol. The van der Waals surface area contributed by atoms with Crippen molar-refractivity contribution in [2.45, 2.75) is 13.0 Å². The van der Waals surface area contributed by atoms with Crippen LogP contribution in [0.15, 0.2) is 16.5 Å². The second kappa shape index (κ2) is 4.79. The van der Waals surface area contributed by atoms with Gasteiger partial charge in [0.15, 0.2) is 0 Å². The summed E-state index contributed by atoms with van der Waals surface area (Å²) in [4.78, 5) is 2.25. The number of aryl methyl sites for hydroxylation is 1. The van der Waals surface area contributed by atoms with Crippen molar-refractivity contribution >= 4 is 0 Å². The van der Waals surface area contributed by atoms with Crippen LogP contribution in [-0.2, 0) is 0 Å². The van der Waals surface area contributed by atoms with E-state index < -0.39 is 6.10 Å². The smallest absolute Gasteiger partial charge is 0.133 e. The van der Waals surface area contributed by atoms with Gasteiger partial charge in [0.1, 0.15) is 17.6 Å². The first kappa shape index (κ1) is 10.7. The van der Waals surface area contributed by atoms with E-state index in [9.17, 15) is 5.11 Å². The van der Waals surface area contributed by atoms with E-state index in [2.05, 4.69) is 10.2 Å². The molecule has 1 unspecified atom stereocenters. The van der Waals surface area contributed by atoms with Gasteiger partial charge in [0.25, 0.3) is 0 Å². The molecule has 0 aromatic carbocycles. The van der Waals surface area contributed by atoms with Gasteiger partial charge in [-0.05, 0) is 19.1 Å². The van der Waals surface area contributed by atoms with E-state index in [0.29, 0.717) is 12.3 Å². The number of nitrogens with zero attached hydrogens (tertiary/aromatic N) is 1. The van der Waals surface area contributed by atoms with Gasteiger partial charge in [0.05, 0.1) is 0 Å². The summed E-state index contributed by atoms with van der Waals surface area (Å²) in [6.07, 6.45) is -0.503. The van der Waals surface area contributed by atoms with Gasteiger partial charge in [-0.15, -0.1) is 0 Å². The van der Waals surface area contributed by atoms with Crippen LogP contribution < -0.4 is 5.32 Å². The Bertz CT molecular complexity index is 305. The second-order valence-electron chi connectivity index (χ2n) is 4.01. The van der Waals surface area contributed by atoms with Crippen molar-refractivity contribution in [3.05, 3.63) is 23.7 Å². The number of β-amino-alcohol motifs (C(OH)–C–C–N with tert-alkyl or cyclic N) is 1. The Morgan fingerprint density at radius 2 is 2.20 bits per heavy atom. The highest BCUT2D eigenvalue weighted by Crippen LogP contribution is 2.17. The summed E-state index contributed by atoms with van der Waals surface area (Å²) in [5.74, 6) is 1.52. The first-order valence-electron chi connectivity index (χ1n) is 5.43. The third kappa shape index (κ3) is 2.81. The molecule has 1 fully saturated rings. The lowest BCUT2D eigenvalue weighted by Crippen LogP contribution is -2.44. The molecule has 15 heavy (non-hydrogen) atoms. The van der Waals surface area contributed by atoms with Crippen LogP contribution in [0, 0.1) is 6.92 Å². The Morgan fingerprint density at radius 3 is 2.80 bits per heavy atom. The topological polar surface area (TPSA) is 48.6 Å². The number of hydrogen-bond donors (Lipinski definition) is 2. The van der Waals surface area contributed by atoms with E-state index in [1.54, 1.807) is 0 Å². The van der Waals surface area contributed by atoms with E-state index in [1.165, 1.54) is 0 Å². The number of piperazine rings is 1. The molecule has 1 saturated heterocycles. The van der Waals surface area contributed by atoms with Crippen molar-refractivity contribution in [2.75, 3.05) is 32.7 Å². The molecule has 0 amide bonds. The van der Waals surface area contributed by atoms with Crippen molar-refractivity contribution in [3.63, 3.8) is 0 Å². The summed E-state index contributed by atoms with van der Waals surface area (Å²) in [6, 6.07) is 3.73. The molecule has 1 aliphatic heterocycles. The van der Waals surface area contributed by atoms with Gasteiger partial charge >= 0.3 is 0 Å². The number of rotatable bonds is 3. The molecule has 0 spiro atoms. The third-order valence-electron chi connectivity index (χ3n) is 2.73. The molecule has 4 heteroatoms. The van der Waals surface area contributed by atoms with Crippen LogP contribution in [0.5, 0.6) is 0 Å². The maximum Gasteiger partial charge on any atom is 0.133 e. The van der Waals surface area contributed by atoms with Crippen LogP contribution in [0.2, 0.25) is 0 Å². The maximum absolute atomic E-state index is 9.93. The van der Waals surface area contributed by atoms with Gasteiger partial charge in [0.2, 0.25) is 0 Å². The molecular formula is C11H18N2O2. The van der Waals surface area contributed by atoms with Crippen LogP contribution in [0.3, 0.4) is 0 Å².